The summed E-state index contributed by atoms with van der Waals surface area (Å²) in [5.41, 5.74) is 4.61. The van der Waals surface area contributed by atoms with Crippen molar-refractivity contribution in [1.82, 2.24) is 5.32 Å². The number of fused-ring (bicyclic) bond motifs is 2. The zero-order valence-corrected chi connectivity index (χ0v) is 17.8. The first-order valence-corrected chi connectivity index (χ1v) is 10.7. The van der Waals surface area contributed by atoms with E-state index in [1.54, 1.807) is 11.0 Å². The van der Waals surface area contributed by atoms with Gasteiger partial charge in [-0.1, -0.05) is 6.92 Å². The Morgan fingerprint density at radius 3 is 2.80 bits per heavy atom. The molecule has 0 saturated heterocycles. The van der Waals surface area contributed by atoms with Crippen LogP contribution in [0.2, 0.25) is 0 Å². The van der Waals surface area contributed by atoms with Gasteiger partial charge in [0.2, 0.25) is 5.91 Å². The van der Waals surface area contributed by atoms with E-state index in [2.05, 4.69) is 5.32 Å². The first-order valence-electron chi connectivity index (χ1n) is 10.7. The highest BCUT2D eigenvalue weighted by atomic mass is 16.5. The van der Waals surface area contributed by atoms with Crippen molar-refractivity contribution < 1.29 is 19.1 Å². The highest BCUT2D eigenvalue weighted by molar-refractivity contribution is 5.98. The zero-order valence-electron chi connectivity index (χ0n) is 17.8. The summed E-state index contributed by atoms with van der Waals surface area (Å²) in [5, 5.41) is 3.00. The number of benzene rings is 2. The molecule has 1 atom stereocenters. The van der Waals surface area contributed by atoms with Crippen LogP contribution in [0.3, 0.4) is 0 Å². The summed E-state index contributed by atoms with van der Waals surface area (Å²) in [7, 11) is 0. The number of carbonyl (C=O) groups excluding carboxylic acids is 2. The van der Waals surface area contributed by atoms with Crippen molar-refractivity contribution in [3.05, 3.63) is 52.6 Å². The predicted molar refractivity (Wildman–Crippen MR) is 115 cm³/mol. The lowest BCUT2D eigenvalue weighted by Crippen LogP contribution is -2.27. The molecule has 0 saturated carbocycles. The normalized spacial score (nSPS) is 16.6. The van der Waals surface area contributed by atoms with Gasteiger partial charge in [0.15, 0.2) is 0 Å². The number of ether oxygens (including phenoxy) is 2. The topological polar surface area (TPSA) is 67.9 Å². The fourth-order valence-electron chi connectivity index (χ4n) is 4.18. The predicted octanol–water partition coefficient (Wildman–Crippen LogP) is 3.64. The van der Waals surface area contributed by atoms with Crippen molar-refractivity contribution >= 4 is 17.5 Å². The number of hydrogen-bond donors (Lipinski definition) is 1. The molecule has 2 aromatic carbocycles. The van der Waals surface area contributed by atoms with Gasteiger partial charge in [-0.25, -0.2) is 0 Å². The summed E-state index contributed by atoms with van der Waals surface area (Å²) in [6.45, 7) is 7.46. The third-order valence-electron chi connectivity index (χ3n) is 5.66. The van der Waals surface area contributed by atoms with E-state index in [0.29, 0.717) is 31.7 Å². The van der Waals surface area contributed by atoms with Gasteiger partial charge >= 0.3 is 0 Å². The monoisotopic (exact) mass is 408 g/mol. The molecule has 2 aliphatic heterocycles. The maximum atomic E-state index is 12.8. The van der Waals surface area contributed by atoms with E-state index in [0.717, 1.165) is 46.7 Å². The van der Waals surface area contributed by atoms with Gasteiger partial charge in [0.25, 0.3) is 5.91 Å². The fraction of sp³-hybridized carbons (Fsp3) is 0.417. The minimum absolute atomic E-state index is 0.113. The lowest BCUT2D eigenvalue weighted by Gasteiger charge is -2.16. The molecular weight excluding hydrogens is 380 g/mol. The molecule has 4 rings (SSSR count). The molecule has 0 bridgehead atoms. The van der Waals surface area contributed by atoms with E-state index in [9.17, 15) is 9.59 Å². The second-order valence-electron chi connectivity index (χ2n) is 7.81. The molecule has 1 N–H and O–H groups in total. The van der Waals surface area contributed by atoms with Crippen molar-refractivity contribution in [1.29, 1.82) is 0 Å². The van der Waals surface area contributed by atoms with E-state index in [1.807, 2.05) is 45.0 Å². The van der Waals surface area contributed by atoms with Crippen molar-refractivity contribution in [2.75, 3.05) is 18.1 Å². The molecule has 0 aliphatic carbocycles. The molecule has 2 heterocycles. The lowest BCUT2D eigenvalue weighted by atomic mass is 10.1. The van der Waals surface area contributed by atoms with Crippen LogP contribution >= 0.6 is 0 Å². The van der Waals surface area contributed by atoms with Crippen LogP contribution in [0.5, 0.6) is 11.5 Å². The van der Waals surface area contributed by atoms with Gasteiger partial charge in [0.1, 0.15) is 17.6 Å². The number of anilines is 1. The van der Waals surface area contributed by atoms with Crippen LogP contribution < -0.4 is 19.7 Å². The van der Waals surface area contributed by atoms with E-state index in [1.165, 1.54) is 0 Å². The summed E-state index contributed by atoms with van der Waals surface area (Å²) >= 11 is 0. The van der Waals surface area contributed by atoms with Gasteiger partial charge < -0.3 is 19.7 Å². The quantitative estimate of drug-likeness (QED) is 0.793. The average Bonchev–Trinajstić information content (AvgIpc) is 3.33. The maximum Gasteiger partial charge on any atom is 0.251 e. The third kappa shape index (κ3) is 3.86. The largest absolute Gasteiger partial charge is 0.494 e. The van der Waals surface area contributed by atoms with E-state index in [-0.39, 0.29) is 17.9 Å². The standard InChI is InChI=1S/C24H28N2O4/c1-4-23(27)26-9-8-16-11-17(6-7-20(16)26)24(28)25-14-19-13-22-18(10-15(3)30-22)12-21(19)29-5-2/h6-7,11-13,15H,4-5,8-10,14H2,1-3H3,(H,25,28)/t15-/m1/s1. The SMILES string of the molecule is CCOc1cc2c(cc1CNC(=O)c1ccc3c(c1)CCN3C(=O)CC)O[C@H](C)C2. The fourth-order valence-corrected chi connectivity index (χ4v) is 4.18. The summed E-state index contributed by atoms with van der Waals surface area (Å²) in [6, 6.07) is 9.55. The lowest BCUT2D eigenvalue weighted by molar-refractivity contribution is -0.118. The van der Waals surface area contributed by atoms with Crippen molar-refractivity contribution in [3.8, 4) is 11.5 Å². The Morgan fingerprint density at radius 1 is 1.20 bits per heavy atom. The van der Waals surface area contributed by atoms with Crippen LogP contribution in [0.4, 0.5) is 5.69 Å². The molecule has 2 amide bonds. The Bertz CT molecular complexity index is 985. The Balaban J connectivity index is 1.48. The highest BCUT2D eigenvalue weighted by Gasteiger charge is 2.25. The molecule has 6 heteroatoms. The van der Waals surface area contributed by atoms with Crippen molar-refractivity contribution in [2.45, 2.75) is 52.7 Å². The summed E-state index contributed by atoms with van der Waals surface area (Å²) < 4.78 is 11.7. The summed E-state index contributed by atoms with van der Waals surface area (Å²) in [6.07, 6.45) is 2.28. The second-order valence-corrected chi connectivity index (χ2v) is 7.81. The zero-order chi connectivity index (χ0) is 21.3. The minimum Gasteiger partial charge on any atom is -0.494 e. The molecule has 0 fully saturated rings. The molecule has 0 aromatic heterocycles. The van der Waals surface area contributed by atoms with E-state index < -0.39 is 0 Å². The first kappa shape index (κ1) is 20.3. The van der Waals surface area contributed by atoms with Gasteiger partial charge in [-0.05, 0) is 56.2 Å². The van der Waals surface area contributed by atoms with Crippen molar-refractivity contribution in [2.24, 2.45) is 0 Å². The van der Waals surface area contributed by atoms with Gasteiger partial charge in [-0.2, -0.15) is 0 Å². The van der Waals surface area contributed by atoms with Gasteiger partial charge in [-0.15, -0.1) is 0 Å². The number of amides is 2. The van der Waals surface area contributed by atoms with E-state index >= 15 is 0 Å². The molecule has 2 aliphatic rings. The maximum absolute atomic E-state index is 12.8. The smallest absolute Gasteiger partial charge is 0.251 e. The number of hydrogen-bond acceptors (Lipinski definition) is 4. The Labute approximate surface area is 177 Å². The molecule has 158 valence electrons. The van der Waals surface area contributed by atoms with Crippen LogP contribution in [0.15, 0.2) is 30.3 Å². The molecule has 0 spiro atoms. The van der Waals surface area contributed by atoms with Crippen LogP contribution in [-0.2, 0) is 24.2 Å². The highest BCUT2D eigenvalue weighted by Crippen LogP contribution is 2.35. The van der Waals surface area contributed by atoms with Gasteiger partial charge in [0.05, 0.1) is 6.61 Å². The first-order chi connectivity index (χ1) is 14.5. The van der Waals surface area contributed by atoms with Gasteiger partial charge in [-0.3, -0.25) is 9.59 Å². The van der Waals surface area contributed by atoms with Crippen LogP contribution in [0.25, 0.3) is 0 Å². The van der Waals surface area contributed by atoms with E-state index in [4.69, 9.17) is 9.47 Å². The molecule has 0 unspecified atom stereocenters. The summed E-state index contributed by atoms with van der Waals surface area (Å²) in [5.74, 6) is 1.63. The average molecular weight is 408 g/mol. The number of rotatable bonds is 6. The Morgan fingerprint density at radius 2 is 2.03 bits per heavy atom. The third-order valence-corrected chi connectivity index (χ3v) is 5.66. The van der Waals surface area contributed by atoms with Gasteiger partial charge in [0, 0.05) is 48.3 Å². The van der Waals surface area contributed by atoms with Crippen LogP contribution in [0.1, 0.15) is 54.2 Å². The number of carbonyl (C=O) groups is 2. The molecule has 2 aromatic rings. The number of nitrogens with zero attached hydrogens (tertiary/aromatic N) is 1. The molecular formula is C24H28N2O4. The summed E-state index contributed by atoms with van der Waals surface area (Å²) in [4.78, 5) is 26.6. The van der Waals surface area contributed by atoms with Crippen molar-refractivity contribution in [3.63, 3.8) is 0 Å². The second kappa shape index (κ2) is 8.38. The number of nitrogens with one attached hydrogen (secondary N) is 1. The van der Waals surface area contributed by atoms with Crippen LogP contribution in [0, 0.1) is 0 Å². The van der Waals surface area contributed by atoms with Crippen LogP contribution in [-0.4, -0.2) is 31.1 Å². The molecule has 6 nitrogen and oxygen atoms in total. The Hall–Kier alpha value is -3.02. The minimum atomic E-state index is -0.143. The Kier molecular flexibility index (Phi) is 5.66. The molecule has 0 radical (unpaired) electrons. The molecule has 30 heavy (non-hydrogen) atoms.